The molecule has 1 aromatic carbocycles. The number of carbonyl (C=O) groups is 5. The molecular formula is C33H43FN8O7. The molecule has 1 aliphatic heterocycles. The molecule has 4 N–H and O–H groups in total. The topological polar surface area (TPSA) is 192 Å². The van der Waals surface area contributed by atoms with E-state index in [0.717, 1.165) is 11.3 Å². The van der Waals surface area contributed by atoms with E-state index in [0.29, 0.717) is 68.0 Å². The second-order valence-electron chi connectivity index (χ2n) is 11.9. The summed E-state index contributed by atoms with van der Waals surface area (Å²) in [6.07, 6.45) is 2.79. The number of H-pyrrole nitrogens is 1. The molecular weight excluding hydrogens is 639 g/mol. The third-order valence-electron chi connectivity index (χ3n) is 8.49. The van der Waals surface area contributed by atoms with Crippen LogP contribution in [0.2, 0.25) is 0 Å². The number of hydrogen-bond acceptors (Lipinski definition) is 8. The van der Waals surface area contributed by atoms with Crippen LogP contribution in [0.4, 0.5) is 4.39 Å². The van der Waals surface area contributed by atoms with E-state index in [1.54, 1.807) is 28.6 Å². The minimum atomic E-state index is -0.373. The number of benzene rings is 1. The van der Waals surface area contributed by atoms with Crippen LogP contribution in [0.5, 0.6) is 0 Å². The normalized spacial score (nSPS) is 17.6. The van der Waals surface area contributed by atoms with Gasteiger partial charge in [-0.2, -0.15) is 5.10 Å². The number of aromatic amines is 1. The Morgan fingerprint density at radius 2 is 1.86 bits per heavy atom. The molecule has 3 aromatic rings. The highest BCUT2D eigenvalue weighted by atomic mass is 19.1. The molecule has 0 radical (unpaired) electrons. The van der Waals surface area contributed by atoms with Gasteiger partial charge in [-0.25, -0.2) is 9.37 Å². The van der Waals surface area contributed by atoms with Gasteiger partial charge in [0, 0.05) is 75.3 Å². The van der Waals surface area contributed by atoms with Crippen molar-refractivity contribution >= 4 is 30.1 Å². The molecule has 2 aromatic heterocycles. The first-order chi connectivity index (χ1) is 23.6. The third-order valence-corrected chi connectivity index (χ3v) is 8.49. The number of nitrogens with zero attached hydrogens (tertiary/aromatic N) is 5. The van der Waals surface area contributed by atoms with Gasteiger partial charge in [0.2, 0.25) is 11.8 Å². The first-order valence-corrected chi connectivity index (χ1v) is 16.1. The van der Waals surface area contributed by atoms with E-state index in [1.165, 1.54) is 24.1 Å². The molecule has 15 nitrogen and oxygen atoms in total. The standard InChI is InChI=1S/C32H41FN8O5.CH2O2/c1-20-28(37-30(35-20)21-7-9-22(33)10-8-21)32(45)40-14-4-6-27(43)41(16-17-46-3)19-26(42)36-23-11-12-25-24(18-23)29(38-39(25)2)31(44)34-13-5-15-40;2-1-3/h7-10,23H,4-6,11-19H2,1-3H3,(H,34,44)(H,35,37)(H,36,42);1H,(H,2,3). The zero-order valence-electron chi connectivity index (χ0n) is 28.0. The molecule has 49 heavy (non-hydrogen) atoms. The maximum absolute atomic E-state index is 13.8. The number of rotatable bonds is 5. The number of hydrogen-bond donors (Lipinski definition) is 4. The maximum Gasteiger partial charge on any atom is 0.290 e. The molecule has 0 saturated heterocycles. The maximum atomic E-state index is 13.8. The predicted octanol–water partition coefficient (Wildman–Crippen LogP) is 1.46. The van der Waals surface area contributed by atoms with Crippen molar-refractivity contribution in [2.24, 2.45) is 7.05 Å². The summed E-state index contributed by atoms with van der Waals surface area (Å²) in [6, 6.07) is 5.65. The first kappa shape index (κ1) is 36.7. The molecule has 16 heteroatoms. The van der Waals surface area contributed by atoms with Crippen molar-refractivity contribution < 1.29 is 38.2 Å². The van der Waals surface area contributed by atoms with Crippen LogP contribution in [0.15, 0.2) is 24.3 Å². The highest BCUT2D eigenvalue weighted by molar-refractivity contribution is 5.95. The Morgan fingerprint density at radius 1 is 1.14 bits per heavy atom. The molecule has 264 valence electrons. The predicted molar refractivity (Wildman–Crippen MR) is 175 cm³/mol. The molecule has 3 heterocycles. The van der Waals surface area contributed by atoms with E-state index in [2.05, 4.69) is 25.7 Å². The average Bonchev–Trinajstić information content (AvgIpc) is 3.63. The van der Waals surface area contributed by atoms with Gasteiger partial charge in [0.25, 0.3) is 18.3 Å². The van der Waals surface area contributed by atoms with Crippen molar-refractivity contribution in [2.75, 3.05) is 46.4 Å². The Kier molecular flexibility index (Phi) is 13.0. The second-order valence-corrected chi connectivity index (χ2v) is 11.9. The Hall–Kier alpha value is -5.12. The summed E-state index contributed by atoms with van der Waals surface area (Å²) in [5, 5.41) is 17.4. The Bertz CT molecular complexity index is 1640. The molecule has 1 unspecified atom stereocenters. The van der Waals surface area contributed by atoms with Gasteiger partial charge < -0.3 is 35.3 Å². The average molecular weight is 683 g/mol. The van der Waals surface area contributed by atoms with Gasteiger partial charge >= 0.3 is 0 Å². The zero-order chi connectivity index (χ0) is 35.5. The van der Waals surface area contributed by atoms with E-state index in [-0.39, 0.29) is 80.3 Å². The monoisotopic (exact) mass is 682 g/mol. The van der Waals surface area contributed by atoms with Crippen molar-refractivity contribution in [1.29, 1.82) is 0 Å². The fourth-order valence-corrected chi connectivity index (χ4v) is 6.05. The minimum Gasteiger partial charge on any atom is -0.483 e. The molecule has 0 fully saturated rings. The Morgan fingerprint density at radius 3 is 2.57 bits per heavy atom. The molecule has 0 spiro atoms. The van der Waals surface area contributed by atoms with Crippen molar-refractivity contribution in [3.63, 3.8) is 0 Å². The lowest BCUT2D eigenvalue weighted by Crippen LogP contribution is -2.47. The van der Waals surface area contributed by atoms with Crippen LogP contribution in [0, 0.1) is 12.7 Å². The number of aromatic nitrogens is 4. The number of carbonyl (C=O) groups excluding carboxylic acids is 4. The SMILES string of the molecule is COCCN1CC(=O)NC2CCc3c(c(nn3C)C(=O)NCCCN(C(=O)c3nc(-c4ccc(F)cc4)[nH]c3C)CCCC1=O)C2.O=CO. The lowest BCUT2D eigenvalue weighted by Gasteiger charge is -2.27. The number of halogens is 1. The lowest BCUT2D eigenvalue weighted by molar-refractivity contribution is -0.137. The number of methoxy groups -OCH3 is 1. The van der Waals surface area contributed by atoms with Crippen LogP contribution in [-0.4, -0.2) is 117 Å². The van der Waals surface area contributed by atoms with Crippen molar-refractivity contribution in [1.82, 2.24) is 40.2 Å². The van der Waals surface area contributed by atoms with Crippen LogP contribution < -0.4 is 10.6 Å². The summed E-state index contributed by atoms with van der Waals surface area (Å²) in [5.74, 6) is -1.04. The number of nitrogens with one attached hydrogen (secondary N) is 3. The van der Waals surface area contributed by atoms with Gasteiger partial charge in [-0.1, -0.05) is 0 Å². The molecule has 0 saturated carbocycles. The number of carboxylic acid groups (broad SMARTS) is 1. The van der Waals surface area contributed by atoms with Crippen molar-refractivity contribution in [3.8, 4) is 11.4 Å². The van der Waals surface area contributed by atoms with E-state index >= 15 is 0 Å². The van der Waals surface area contributed by atoms with Crippen molar-refractivity contribution in [2.45, 2.75) is 51.5 Å². The number of fused-ring (bicyclic) bond motifs is 1. The summed E-state index contributed by atoms with van der Waals surface area (Å²) >= 11 is 0. The molecule has 1 atom stereocenters. The summed E-state index contributed by atoms with van der Waals surface area (Å²) in [6.45, 7) is 2.78. The van der Waals surface area contributed by atoms with E-state index in [4.69, 9.17) is 14.6 Å². The summed E-state index contributed by atoms with van der Waals surface area (Å²) in [5.41, 5.74) is 3.54. The molecule has 5 rings (SSSR count). The smallest absolute Gasteiger partial charge is 0.290 e. The van der Waals surface area contributed by atoms with Gasteiger partial charge in [0.15, 0.2) is 5.69 Å². The summed E-state index contributed by atoms with van der Waals surface area (Å²) in [4.78, 5) is 72.5. The number of amides is 4. The molecule has 2 aliphatic rings. The number of aryl methyl sites for hydroxylation is 2. The van der Waals surface area contributed by atoms with Crippen molar-refractivity contribution in [3.05, 3.63) is 58.4 Å². The Labute approximate surface area is 283 Å². The largest absolute Gasteiger partial charge is 0.483 e. The Balaban J connectivity index is 0.00000174. The van der Waals surface area contributed by atoms with E-state index in [1.807, 2.05) is 7.05 Å². The van der Waals surface area contributed by atoms with Crippen LogP contribution in [0.1, 0.15) is 63.6 Å². The third kappa shape index (κ3) is 9.49. The van der Waals surface area contributed by atoms with Gasteiger partial charge in [-0.15, -0.1) is 0 Å². The number of imidazole rings is 1. The van der Waals surface area contributed by atoms with Crippen LogP contribution in [0.25, 0.3) is 11.4 Å². The minimum absolute atomic E-state index is 0.118. The highest BCUT2D eigenvalue weighted by Gasteiger charge is 2.30. The summed E-state index contributed by atoms with van der Waals surface area (Å²) < 4.78 is 20.4. The second kappa shape index (κ2) is 17.3. The first-order valence-electron chi connectivity index (χ1n) is 16.1. The van der Waals surface area contributed by atoms with E-state index in [9.17, 15) is 23.6 Å². The van der Waals surface area contributed by atoms with Gasteiger partial charge in [-0.3, -0.25) is 28.7 Å². The van der Waals surface area contributed by atoms with Crippen LogP contribution in [-0.2, 0) is 39.0 Å². The zero-order valence-corrected chi connectivity index (χ0v) is 28.0. The molecule has 2 bridgehead atoms. The van der Waals surface area contributed by atoms with Crippen LogP contribution >= 0.6 is 0 Å². The number of ether oxygens (including phenoxy) is 1. The fourth-order valence-electron chi connectivity index (χ4n) is 6.05. The van der Waals surface area contributed by atoms with Gasteiger partial charge in [0.1, 0.15) is 17.3 Å². The lowest BCUT2D eigenvalue weighted by atomic mass is 9.91. The van der Waals surface area contributed by atoms with Gasteiger partial charge in [-0.05, 0) is 63.3 Å². The molecule has 4 amide bonds. The fraction of sp³-hybridized carbons (Fsp3) is 0.485. The highest BCUT2D eigenvalue weighted by Crippen LogP contribution is 2.25. The van der Waals surface area contributed by atoms with Crippen LogP contribution in [0.3, 0.4) is 0 Å². The van der Waals surface area contributed by atoms with Gasteiger partial charge in [0.05, 0.1) is 13.2 Å². The molecule has 1 aliphatic carbocycles. The van der Waals surface area contributed by atoms with E-state index < -0.39 is 0 Å². The summed E-state index contributed by atoms with van der Waals surface area (Å²) in [7, 11) is 3.35. The quantitative estimate of drug-likeness (QED) is 0.289.